The smallest absolute Gasteiger partial charge is 0.105 e. The van der Waals surface area contributed by atoms with Gasteiger partial charge in [0.1, 0.15) is 6.17 Å². The van der Waals surface area contributed by atoms with Crippen molar-refractivity contribution in [1.29, 1.82) is 0 Å². The van der Waals surface area contributed by atoms with Gasteiger partial charge in [-0.05, 0) is 48.9 Å². The molecule has 0 aliphatic heterocycles. The molecule has 0 aromatic rings. The van der Waals surface area contributed by atoms with Crippen LogP contribution in [0.1, 0.15) is 46.5 Å². The van der Waals surface area contributed by atoms with Crippen LogP contribution in [0, 0.1) is 29.6 Å². The largest absolute Gasteiger partial charge is 0.247 e. The van der Waals surface area contributed by atoms with Gasteiger partial charge in [0.25, 0.3) is 0 Å². The molecule has 14 heavy (non-hydrogen) atoms. The summed E-state index contributed by atoms with van der Waals surface area (Å²) in [5, 5.41) is 0. The molecule has 6 atom stereocenters. The number of fused-ring (bicyclic) bond motifs is 1. The molecular weight excluding hydrogens is 175 g/mol. The zero-order valence-electron chi connectivity index (χ0n) is 9.67. The second kappa shape index (κ2) is 3.83. The summed E-state index contributed by atoms with van der Waals surface area (Å²) < 4.78 is 13.9. The fourth-order valence-electron chi connectivity index (χ4n) is 3.79. The summed E-state index contributed by atoms with van der Waals surface area (Å²) >= 11 is 0. The van der Waals surface area contributed by atoms with E-state index in [0.29, 0.717) is 17.8 Å². The molecule has 0 N–H and O–H groups in total. The molecule has 2 aliphatic rings. The predicted molar refractivity (Wildman–Crippen MR) is 57.8 cm³/mol. The predicted octanol–water partition coefficient (Wildman–Crippen LogP) is 4.05. The van der Waals surface area contributed by atoms with Crippen LogP contribution in [0.3, 0.4) is 0 Å². The molecule has 0 spiro atoms. The Hall–Kier alpha value is -0.0700. The summed E-state index contributed by atoms with van der Waals surface area (Å²) in [5.41, 5.74) is 0. The van der Waals surface area contributed by atoms with Crippen molar-refractivity contribution in [2.75, 3.05) is 0 Å². The number of halogens is 1. The van der Waals surface area contributed by atoms with Gasteiger partial charge < -0.3 is 0 Å². The quantitative estimate of drug-likeness (QED) is 0.551. The van der Waals surface area contributed by atoms with Gasteiger partial charge in [0, 0.05) is 0 Å². The van der Waals surface area contributed by atoms with Gasteiger partial charge in [-0.2, -0.15) is 0 Å². The molecule has 1 heteroatoms. The summed E-state index contributed by atoms with van der Waals surface area (Å²) in [6, 6.07) is 0. The van der Waals surface area contributed by atoms with Gasteiger partial charge in [-0.25, -0.2) is 4.39 Å². The number of hydrogen-bond acceptors (Lipinski definition) is 0. The standard InChI is InChI=1S/C13H23F/c1-8-4-5-11-7-9(2)13(14)10(3)12(11)6-8/h8-13H,4-7H2,1-3H3. The van der Waals surface area contributed by atoms with Crippen LogP contribution < -0.4 is 0 Å². The van der Waals surface area contributed by atoms with Crippen LogP contribution in [0.25, 0.3) is 0 Å². The summed E-state index contributed by atoms with van der Waals surface area (Å²) in [4.78, 5) is 0. The number of alkyl halides is 1. The second-order valence-corrected chi connectivity index (χ2v) is 5.86. The van der Waals surface area contributed by atoms with Gasteiger partial charge in [0.2, 0.25) is 0 Å². The first-order valence-electron chi connectivity index (χ1n) is 6.23. The average molecular weight is 198 g/mol. The molecular formula is C13H23F. The molecule has 82 valence electrons. The van der Waals surface area contributed by atoms with E-state index in [1.54, 1.807) is 0 Å². The van der Waals surface area contributed by atoms with Gasteiger partial charge in [-0.3, -0.25) is 0 Å². The van der Waals surface area contributed by atoms with Gasteiger partial charge in [0.05, 0.1) is 0 Å². The van der Waals surface area contributed by atoms with Crippen LogP contribution in [0.4, 0.5) is 4.39 Å². The van der Waals surface area contributed by atoms with Gasteiger partial charge in [-0.15, -0.1) is 0 Å². The molecule has 0 radical (unpaired) electrons. The first-order chi connectivity index (χ1) is 6.59. The van der Waals surface area contributed by atoms with Crippen molar-refractivity contribution in [1.82, 2.24) is 0 Å². The van der Waals surface area contributed by atoms with Crippen LogP contribution >= 0.6 is 0 Å². The molecule has 2 fully saturated rings. The molecule has 0 aromatic carbocycles. The highest BCUT2D eigenvalue weighted by Crippen LogP contribution is 2.48. The van der Waals surface area contributed by atoms with Crippen molar-refractivity contribution in [2.24, 2.45) is 29.6 Å². The highest BCUT2D eigenvalue weighted by atomic mass is 19.1. The minimum absolute atomic E-state index is 0.305. The fourth-order valence-corrected chi connectivity index (χ4v) is 3.79. The Kier molecular flexibility index (Phi) is 2.86. The number of rotatable bonds is 0. The summed E-state index contributed by atoms with van der Waals surface area (Å²) in [7, 11) is 0. The third-order valence-electron chi connectivity index (χ3n) is 4.71. The van der Waals surface area contributed by atoms with Crippen LogP contribution in [-0.4, -0.2) is 6.17 Å². The molecule has 2 saturated carbocycles. The van der Waals surface area contributed by atoms with Gasteiger partial charge >= 0.3 is 0 Å². The highest BCUT2D eigenvalue weighted by molar-refractivity contribution is 4.92. The van der Waals surface area contributed by atoms with E-state index in [1.165, 1.54) is 19.3 Å². The van der Waals surface area contributed by atoms with E-state index in [2.05, 4.69) is 20.8 Å². The zero-order chi connectivity index (χ0) is 10.3. The minimum Gasteiger partial charge on any atom is -0.247 e. The lowest BCUT2D eigenvalue weighted by atomic mass is 9.60. The monoisotopic (exact) mass is 198 g/mol. The van der Waals surface area contributed by atoms with Crippen LogP contribution in [0.5, 0.6) is 0 Å². The van der Waals surface area contributed by atoms with E-state index < -0.39 is 6.17 Å². The van der Waals surface area contributed by atoms with Crippen LogP contribution in [0.2, 0.25) is 0 Å². The maximum Gasteiger partial charge on any atom is 0.105 e. The van der Waals surface area contributed by atoms with Crippen molar-refractivity contribution in [3.05, 3.63) is 0 Å². The fraction of sp³-hybridized carbons (Fsp3) is 1.00. The van der Waals surface area contributed by atoms with Crippen molar-refractivity contribution >= 4 is 0 Å². The first-order valence-corrected chi connectivity index (χ1v) is 6.23. The van der Waals surface area contributed by atoms with Crippen LogP contribution in [0.15, 0.2) is 0 Å². The highest BCUT2D eigenvalue weighted by Gasteiger charge is 2.42. The molecule has 2 rings (SSSR count). The molecule has 0 nitrogen and oxygen atoms in total. The SMILES string of the molecule is CC1CCC2CC(C)C(F)C(C)C2C1. The Morgan fingerprint density at radius 1 is 1.00 bits per heavy atom. The Balaban J connectivity index is 2.08. The minimum atomic E-state index is -0.540. The molecule has 0 bridgehead atoms. The van der Waals surface area contributed by atoms with E-state index in [4.69, 9.17) is 0 Å². The van der Waals surface area contributed by atoms with E-state index in [0.717, 1.165) is 18.3 Å². The molecule has 0 heterocycles. The lowest BCUT2D eigenvalue weighted by Crippen LogP contribution is -2.42. The van der Waals surface area contributed by atoms with E-state index >= 15 is 0 Å². The van der Waals surface area contributed by atoms with Crippen molar-refractivity contribution < 1.29 is 4.39 Å². The van der Waals surface area contributed by atoms with Gasteiger partial charge in [0.15, 0.2) is 0 Å². The molecule has 2 aliphatic carbocycles. The summed E-state index contributed by atoms with van der Waals surface area (Å²) in [5.74, 6) is 2.97. The number of hydrogen-bond donors (Lipinski definition) is 0. The van der Waals surface area contributed by atoms with Crippen LogP contribution in [-0.2, 0) is 0 Å². The normalized spacial score (nSPS) is 54.0. The van der Waals surface area contributed by atoms with E-state index in [-0.39, 0.29) is 0 Å². The lowest BCUT2D eigenvalue weighted by molar-refractivity contribution is -0.00672. The Bertz CT molecular complexity index is 199. The maximum absolute atomic E-state index is 13.9. The molecule has 0 saturated heterocycles. The Morgan fingerprint density at radius 3 is 2.43 bits per heavy atom. The first kappa shape index (κ1) is 10.4. The van der Waals surface area contributed by atoms with E-state index in [1.807, 2.05) is 0 Å². The lowest BCUT2D eigenvalue weighted by Gasteiger charge is -2.46. The summed E-state index contributed by atoms with van der Waals surface area (Å²) in [6.45, 7) is 6.56. The molecule has 0 aromatic heterocycles. The Labute approximate surface area is 87.3 Å². The summed E-state index contributed by atoms with van der Waals surface area (Å²) in [6.07, 6.45) is 4.61. The third kappa shape index (κ3) is 1.70. The third-order valence-corrected chi connectivity index (χ3v) is 4.71. The Morgan fingerprint density at radius 2 is 1.71 bits per heavy atom. The van der Waals surface area contributed by atoms with Crippen molar-refractivity contribution in [3.63, 3.8) is 0 Å². The second-order valence-electron chi connectivity index (χ2n) is 5.86. The van der Waals surface area contributed by atoms with Gasteiger partial charge in [-0.1, -0.05) is 27.2 Å². The van der Waals surface area contributed by atoms with Crippen molar-refractivity contribution in [2.45, 2.75) is 52.6 Å². The maximum atomic E-state index is 13.9. The average Bonchev–Trinajstić information content (AvgIpc) is 2.16. The zero-order valence-corrected chi connectivity index (χ0v) is 9.67. The molecule has 6 unspecified atom stereocenters. The van der Waals surface area contributed by atoms with Crippen molar-refractivity contribution in [3.8, 4) is 0 Å². The van der Waals surface area contributed by atoms with E-state index in [9.17, 15) is 4.39 Å². The molecule has 0 amide bonds. The topological polar surface area (TPSA) is 0 Å².